The Kier molecular flexibility index (Phi) is 4.39. The van der Waals surface area contributed by atoms with Crippen LogP contribution in [-0.2, 0) is 6.42 Å². The van der Waals surface area contributed by atoms with Gasteiger partial charge in [0, 0.05) is 22.8 Å². The summed E-state index contributed by atoms with van der Waals surface area (Å²) in [5, 5.41) is 23.3. The minimum absolute atomic E-state index is 0.214. The average Bonchev–Trinajstić information content (AvgIpc) is 2.87. The Morgan fingerprint density at radius 1 is 0.706 bits per heavy atom. The molecule has 0 radical (unpaired) electrons. The molecule has 0 aromatic heterocycles. The highest BCUT2D eigenvalue weighted by Gasteiger charge is 2.31. The summed E-state index contributed by atoms with van der Waals surface area (Å²) in [6, 6.07) is 26.1. The molecule has 0 fully saturated rings. The van der Waals surface area contributed by atoms with Gasteiger partial charge in [-0.15, -0.1) is 0 Å². The monoisotopic (exact) mass is 446 g/mol. The van der Waals surface area contributed by atoms with Gasteiger partial charge in [-0.25, -0.2) is 9.59 Å². The second-order valence-electron chi connectivity index (χ2n) is 8.31. The molecule has 5 aromatic rings. The van der Waals surface area contributed by atoms with Crippen molar-refractivity contribution in [2.24, 2.45) is 0 Å². The molecule has 0 saturated carbocycles. The van der Waals surface area contributed by atoms with Crippen molar-refractivity contribution >= 4 is 33.5 Å². The highest BCUT2D eigenvalue weighted by molar-refractivity contribution is 6.23. The van der Waals surface area contributed by atoms with Gasteiger partial charge in [0.15, 0.2) is 0 Å². The summed E-state index contributed by atoms with van der Waals surface area (Å²) in [6.07, 6.45) is 0.441. The molecule has 2 N–H and O–H groups in total. The lowest BCUT2D eigenvalue weighted by molar-refractivity contribution is 0.0654. The van der Waals surface area contributed by atoms with Gasteiger partial charge in [-0.2, -0.15) is 0 Å². The summed E-state index contributed by atoms with van der Waals surface area (Å²) in [6.45, 7) is 0. The van der Waals surface area contributed by atoms with Crippen LogP contribution in [0.25, 0.3) is 32.7 Å². The van der Waals surface area contributed by atoms with Crippen molar-refractivity contribution < 1.29 is 24.5 Å². The maximum absolute atomic E-state index is 12.7. The number of para-hydroxylation sites is 1. The van der Waals surface area contributed by atoms with Gasteiger partial charge in [-0.3, -0.25) is 0 Å². The van der Waals surface area contributed by atoms with Crippen LogP contribution < -0.4 is 4.74 Å². The summed E-state index contributed by atoms with van der Waals surface area (Å²) in [5.74, 6) is -1.27. The summed E-state index contributed by atoms with van der Waals surface area (Å²) in [5.41, 5.74) is 2.20. The van der Waals surface area contributed by atoms with Crippen LogP contribution >= 0.6 is 0 Å². The highest BCUT2D eigenvalue weighted by atomic mass is 16.5. The fourth-order valence-electron chi connectivity index (χ4n) is 5.02. The van der Waals surface area contributed by atoms with Crippen molar-refractivity contribution in [3.8, 4) is 22.6 Å². The summed E-state index contributed by atoms with van der Waals surface area (Å²) in [7, 11) is 0. The fraction of sp³-hybridized carbons (Fsp3) is 0.0345. The van der Waals surface area contributed by atoms with E-state index in [9.17, 15) is 19.8 Å². The third-order valence-corrected chi connectivity index (χ3v) is 6.43. The highest BCUT2D eigenvalue weighted by Crippen LogP contribution is 2.48. The molecule has 1 heterocycles. The van der Waals surface area contributed by atoms with Crippen LogP contribution in [0.5, 0.6) is 11.5 Å². The molecular formula is C29H18O5. The third kappa shape index (κ3) is 2.87. The minimum atomic E-state index is -1.28. The van der Waals surface area contributed by atoms with Gasteiger partial charge in [0.05, 0.1) is 11.1 Å². The maximum Gasteiger partial charge on any atom is 0.337 e. The quantitative estimate of drug-likeness (QED) is 0.294. The van der Waals surface area contributed by atoms with E-state index in [-0.39, 0.29) is 11.1 Å². The molecule has 0 unspecified atom stereocenters. The van der Waals surface area contributed by atoms with E-state index in [4.69, 9.17) is 4.74 Å². The lowest BCUT2D eigenvalue weighted by Crippen LogP contribution is -2.14. The van der Waals surface area contributed by atoms with Gasteiger partial charge in [0.2, 0.25) is 0 Å². The van der Waals surface area contributed by atoms with Crippen molar-refractivity contribution in [2.45, 2.75) is 6.42 Å². The Morgan fingerprint density at radius 2 is 1.35 bits per heavy atom. The predicted octanol–water partition coefficient (Wildman–Crippen LogP) is 6.75. The number of carbonyl (C=O) groups is 2. The molecule has 0 spiro atoms. The molecule has 5 aromatic carbocycles. The fourth-order valence-corrected chi connectivity index (χ4v) is 5.02. The first-order valence-corrected chi connectivity index (χ1v) is 10.9. The predicted molar refractivity (Wildman–Crippen MR) is 130 cm³/mol. The average molecular weight is 446 g/mol. The van der Waals surface area contributed by atoms with Gasteiger partial charge < -0.3 is 14.9 Å². The first kappa shape index (κ1) is 20.0. The molecule has 0 saturated heterocycles. The number of benzene rings is 5. The zero-order chi connectivity index (χ0) is 23.4. The van der Waals surface area contributed by atoms with Crippen LogP contribution in [0.1, 0.15) is 31.8 Å². The van der Waals surface area contributed by atoms with E-state index < -0.39 is 11.9 Å². The number of carboxylic acids is 2. The number of ether oxygens (including phenoxy) is 1. The number of fused-ring (bicyclic) bond motifs is 7. The zero-order valence-electron chi connectivity index (χ0n) is 17.9. The van der Waals surface area contributed by atoms with E-state index in [0.29, 0.717) is 39.6 Å². The second-order valence-corrected chi connectivity index (χ2v) is 8.31. The molecule has 34 heavy (non-hydrogen) atoms. The Hall–Kier alpha value is -4.64. The Balaban J connectivity index is 1.84. The Bertz CT molecular complexity index is 1650. The molecule has 0 aliphatic carbocycles. The standard InChI is InChI=1S/C29H18O5/c30-28(31)25-20(16-8-2-1-3-9-16)15-21-18-11-5-6-12-19(18)27-22(24(21)26(25)29(32)33)14-17-10-4-7-13-23(17)34-27/h1-13,15H,14H2,(H,30,31)(H,32,33). The van der Waals surface area contributed by atoms with Gasteiger partial charge in [-0.05, 0) is 39.6 Å². The summed E-state index contributed by atoms with van der Waals surface area (Å²) < 4.78 is 6.31. The maximum atomic E-state index is 12.7. The Morgan fingerprint density at radius 3 is 2.09 bits per heavy atom. The summed E-state index contributed by atoms with van der Waals surface area (Å²) >= 11 is 0. The van der Waals surface area contributed by atoms with Crippen LogP contribution in [0.15, 0.2) is 84.9 Å². The molecule has 6 rings (SSSR count). The van der Waals surface area contributed by atoms with Crippen molar-refractivity contribution in [1.29, 1.82) is 0 Å². The van der Waals surface area contributed by atoms with E-state index >= 15 is 0 Å². The normalized spacial score (nSPS) is 12.1. The third-order valence-electron chi connectivity index (χ3n) is 6.43. The van der Waals surface area contributed by atoms with Crippen molar-refractivity contribution in [3.05, 3.63) is 107 Å². The van der Waals surface area contributed by atoms with Crippen LogP contribution in [-0.4, -0.2) is 22.2 Å². The van der Waals surface area contributed by atoms with Gasteiger partial charge in [0.25, 0.3) is 0 Å². The van der Waals surface area contributed by atoms with Gasteiger partial charge >= 0.3 is 11.9 Å². The smallest absolute Gasteiger partial charge is 0.337 e. The largest absolute Gasteiger partial charge is 0.478 e. The molecule has 0 amide bonds. The molecule has 0 bridgehead atoms. The molecular weight excluding hydrogens is 428 g/mol. The van der Waals surface area contributed by atoms with E-state index in [1.165, 1.54) is 0 Å². The number of carboxylic acid groups (broad SMARTS) is 2. The summed E-state index contributed by atoms with van der Waals surface area (Å²) in [4.78, 5) is 25.2. The first-order chi connectivity index (χ1) is 16.5. The Labute approximate surface area is 194 Å². The molecule has 1 aliphatic heterocycles. The molecule has 164 valence electrons. The van der Waals surface area contributed by atoms with Gasteiger partial charge in [-0.1, -0.05) is 72.8 Å². The number of rotatable bonds is 3. The number of aromatic carboxylic acids is 2. The molecule has 5 heteroatoms. The SMILES string of the molecule is O=C(O)c1c(-c2ccccc2)cc2c(c3c(c4ccccc42)Oc2ccccc2C3)c1C(=O)O. The molecule has 0 atom stereocenters. The van der Waals surface area contributed by atoms with E-state index in [1.807, 2.05) is 60.7 Å². The number of hydrogen-bond donors (Lipinski definition) is 2. The second kappa shape index (κ2) is 7.46. The van der Waals surface area contributed by atoms with Crippen LogP contribution in [0.2, 0.25) is 0 Å². The van der Waals surface area contributed by atoms with Crippen molar-refractivity contribution in [2.75, 3.05) is 0 Å². The van der Waals surface area contributed by atoms with Crippen molar-refractivity contribution in [3.63, 3.8) is 0 Å². The lowest BCUT2D eigenvalue weighted by atomic mass is 9.83. The minimum Gasteiger partial charge on any atom is -0.478 e. The van der Waals surface area contributed by atoms with Crippen LogP contribution in [0.3, 0.4) is 0 Å². The van der Waals surface area contributed by atoms with Crippen LogP contribution in [0, 0.1) is 0 Å². The lowest BCUT2D eigenvalue weighted by Gasteiger charge is -2.25. The first-order valence-electron chi connectivity index (χ1n) is 10.9. The van der Waals surface area contributed by atoms with E-state index in [0.717, 1.165) is 22.1 Å². The number of hydrogen-bond acceptors (Lipinski definition) is 3. The molecule has 1 aliphatic rings. The van der Waals surface area contributed by atoms with E-state index in [2.05, 4.69) is 0 Å². The molecule has 5 nitrogen and oxygen atoms in total. The zero-order valence-corrected chi connectivity index (χ0v) is 17.9. The van der Waals surface area contributed by atoms with Crippen LogP contribution in [0.4, 0.5) is 0 Å². The van der Waals surface area contributed by atoms with Crippen molar-refractivity contribution in [1.82, 2.24) is 0 Å². The van der Waals surface area contributed by atoms with E-state index in [1.54, 1.807) is 24.3 Å². The van der Waals surface area contributed by atoms with Gasteiger partial charge in [0.1, 0.15) is 11.5 Å². The topological polar surface area (TPSA) is 83.8 Å².